The van der Waals surface area contributed by atoms with Gasteiger partial charge in [0.1, 0.15) is 11.8 Å². The second kappa shape index (κ2) is 13.6. The first kappa shape index (κ1) is 28.0. The SMILES string of the molecule is COc1cccc(CN(C(=O)CCc2ccc(C(C)C)cc2)[C@H](Cc2ccccc2)C(=O)NC(C)C)c1. The normalized spacial score (nSPS) is 11.9. The highest BCUT2D eigenvalue weighted by Gasteiger charge is 2.30. The van der Waals surface area contributed by atoms with Crippen molar-refractivity contribution in [3.05, 3.63) is 101 Å². The van der Waals surface area contributed by atoms with Gasteiger partial charge in [-0.05, 0) is 60.6 Å². The van der Waals surface area contributed by atoms with E-state index in [9.17, 15) is 9.59 Å². The lowest BCUT2D eigenvalue weighted by Crippen LogP contribution is -2.51. The van der Waals surface area contributed by atoms with Crippen LogP contribution in [-0.2, 0) is 29.0 Å². The van der Waals surface area contributed by atoms with Crippen LogP contribution >= 0.6 is 0 Å². The zero-order valence-electron chi connectivity index (χ0n) is 22.7. The third-order valence-electron chi connectivity index (χ3n) is 6.46. The second-order valence-corrected chi connectivity index (χ2v) is 10.1. The maximum atomic E-state index is 13.8. The predicted molar refractivity (Wildman–Crippen MR) is 150 cm³/mol. The van der Waals surface area contributed by atoms with E-state index >= 15 is 0 Å². The molecule has 0 heterocycles. The number of nitrogens with zero attached hydrogens (tertiary/aromatic N) is 1. The minimum Gasteiger partial charge on any atom is -0.497 e. The van der Waals surface area contributed by atoms with Crippen molar-refractivity contribution >= 4 is 11.8 Å². The van der Waals surface area contributed by atoms with Crippen LogP contribution in [0.1, 0.15) is 62.3 Å². The highest BCUT2D eigenvalue weighted by atomic mass is 16.5. The molecule has 0 aliphatic rings. The van der Waals surface area contributed by atoms with Gasteiger partial charge in [0.25, 0.3) is 0 Å². The summed E-state index contributed by atoms with van der Waals surface area (Å²) in [6.45, 7) is 8.54. The highest BCUT2D eigenvalue weighted by molar-refractivity contribution is 5.88. The molecule has 37 heavy (non-hydrogen) atoms. The van der Waals surface area contributed by atoms with Crippen molar-refractivity contribution in [1.82, 2.24) is 10.2 Å². The molecule has 1 atom stereocenters. The van der Waals surface area contributed by atoms with Gasteiger partial charge >= 0.3 is 0 Å². The van der Waals surface area contributed by atoms with Crippen LogP contribution in [0, 0.1) is 0 Å². The van der Waals surface area contributed by atoms with Crippen molar-refractivity contribution in [1.29, 1.82) is 0 Å². The van der Waals surface area contributed by atoms with Gasteiger partial charge in [0, 0.05) is 25.4 Å². The molecule has 5 nitrogen and oxygen atoms in total. The lowest BCUT2D eigenvalue weighted by atomic mass is 9.99. The Morgan fingerprint density at radius 2 is 1.51 bits per heavy atom. The lowest BCUT2D eigenvalue weighted by molar-refractivity contribution is -0.141. The van der Waals surface area contributed by atoms with Gasteiger partial charge in [-0.25, -0.2) is 0 Å². The molecule has 0 bridgehead atoms. The third kappa shape index (κ3) is 8.49. The summed E-state index contributed by atoms with van der Waals surface area (Å²) >= 11 is 0. The summed E-state index contributed by atoms with van der Waals surface area (Å²) in [6.07, 6.45) is 1.39. The van der Waals surface area contributed by atoms with E-state index in [1.165, 1.54) is 5.56 Å². The van der Waals surface area contributed by atoms with Gasteiger partial charge in [-0.15, -0.1) is 0 Å². The molecular formula is C32H40N2O3. The fourth-order valence-corrected chi connectivity index (χ4v) is 4.37. The van der Waals surface area contributed by atoms with Gasteiger partial charge in [-0.2, -0.15) is 0 Å². The number of ether oxygens (including phenoxy) is 1. The van der Waals surface area contributed by atoms with E-state index in [4.69, 9.17) is 4.74 Å². The Labute approximate surface area is 221 Å². The van der Waals surface area contributed by atoms with Gasteiger partial charge in [0.15, 0.2) is 0 Å². The summed E-state index contributed by atoms with van der Waals surface area (Å²) < 4.78 is 5.40. The standard InChI is InChI=1S/C32H40N2O3/c1-23(2)28-17-14-25(15-18-28)16-19-31(35)34(22-27-12-9-13-29(20-27)37-5)30(32(36)33-24(3)4)21-26-10-7-6-8-11-26/h6-15,17-18,20,23-24,30H,16,19,21-22H2,1-5H3,(H,33,36)/t30-/m1/s1. The monoisotopic (exact) mass is 500 g/mol. The fraction of sp³-hybridized carbons (Fsp3) is 0.375. The molecule has 2 amide bonds. The molecule has 3 rings (SSSR count). The minimum absolute atomic E-state index is 0.0287. The predicted octanol–water partition coefficient (Wildman–Crippen LogP) is 5.92. The number of hydrogen-bond donors (Lipinski definition) is 1. The quantitative estimate of drug-likeness (QED) is 0.336. The zero-order valence-corrected chi connectivity index (χ0v) is 22.7. The van der Waals surface area contributed by atoms with E-state index < -0.39 is 6.04 Å². The summed E-state index contributed by atoms with van der Waals surface area (Å²) in [5.74, 6) is 1.00. The first-order valence-electron chi connectivity index (χ1n) is 13.1. The van der Waals surface area contributed by atoms with E-state index in [0.717, 1.165) is 22.4 Å². The molecular weight excluding hydrogens is 460 g/mol. The van der Waals surface area contributed by atoms with Gasteiger partial charge in [-0.1, -0.05) is 80.6 Å². The molecule has 0 aliphatic carbocycles. The van der Waals surface area contributed by atoms with Gasteiger partial charge in [-0.3, -0.25) is 9.59 Å². The van der Waals surface area contributed by atoms with E-state index in [1.54, 1.807) is 12.0 Å². The van der Waals surface area contributed by atoms with Gasteiger partial charge in [0.2, 0.25) is 11.8 Å². The van der Waals surface area contributed by atoms with Crippen LogP contribution in [0.5, 0.6) is 5.75 Å². The second-order valence-electron chi connectivity index (χ2n) is 10.1. The van der Waals surface area contributed by atoms with Crippen molar-refractivity contribution in [3.8, 4) is 5.75 Å². The Hall–Kier alpha value is -3.60. The molecule has 1 N–H and O–H groups in total. The number of rotatable bonds is 12. The number of methoxy groups -OCH3 is 1. The van der Waals surface area contributed by atoms with Gasteiger partial charge in [0.05, 0.1) is 7.11 Å². The number of amides is 2. The zero-order chi connectivity index (χ0) is 26.8. The van der Waals surface area contributed by atoms with Crippen molar-refractivity contribution < 1.29 is 14.3 Å². The van der Waals surface area contributed by atoms with Crippen molar-refractivity contribution in [2.24, 2.45) is 0 Å². The Balaban J connectivity index is 1.89. The van der Waals surface area contributed by atoms with Crippen molar-refractivity contribution in [2.75, 3.05) is 7.11 Å². The molecule has 0 unspecified atom stereocenters. The van der Waals surface area contributed by atoms with Crippen LogP contribution < -0.4 is 10.1 Å². The molecule has 0 saturated heterocycles. The summed E-state index contributed by atoms with van der Waals surface area (Å²) in [6, 6.07) is 25.4. The average Bonchev–Trinajstić information content (AvgIpc) is 2.89. The van der Waals surface area contributed by atoms with E-state index in [2.05, 4.69) is 43.4 Å². The molecule has 196 valence electrons. The summed E-state index contributed by atoms with van der Waals surface area (Å²) in [7, 11) is 1.63. The maximum absolute atomic E-state index is 13.8. The molecule has 0 aliphatic heterocycles. The molecule has 0 saturated carbocycles. The third-order valence-corrected chi connectivity index (χ3v) is 6.46. The number of nitrogens with one attached hydrogen (secondary N) is 1. The molecule has 0 aromatic heterocycles. The molecule has 5 heteroatoms. The van der Waals surface area contributed by atoms with Crippen LogP contribution in [0.4, 0.5) is 0 Å². The summed E-state index contributed by atoms with van der Waals surface area (Å²) in [5.41, 5.74) is 4.33. The number of aryl methyl sites for hydroxylation is 1. The van der Waals surface area contributed by atoms with Crippen LogP contribution in [0.25, 0.3) is 0 Å². The van der Waals surface area contributed by atoms with E-state index in [1.807, 2.05) is 68.4 Å². The Bertz CT molecular complexity index is 1140. The Morgan fingerprint density at radius 3 is 2.14 bits per heavy atom. The van der Waals surface area contributed by atoms with E-state index in [0.29, 0.717) is 31.7 Å². The number of hydrogen-bond acceptors (Lipinski definition) is 3. The van der Waals surface area contributed by atoms with Crippen LogP contribution in [0.3, 0.4) is 0 Å². The minimum atomic E-state index is -0.633. The number of carbonyl (C=O) groups excluding carboxylic acids is 2. The summed E-state index contributed by atoms with van der Waals surface area (Å²) in [4.78, 5) is 29.0. The molecule has 3 aromatic rings. The number of carbonyl (C=O) groups is 2. The van der Waals surface area contributed by atoms with E-state index in [-0.39, 0.29) is 17.9 Å². The first-order chi connectivity index (χ1) is 17.8. The Kier molecular flexibility index (Phi) is 10.3. The largest absolute Gasteiger partial charge is 0.497 e. The summed E-state index contributed by atoms with van der Waals surface area (Å²) in [5, 5.41) is 3.04. The average molecular weight is 501 g/mol. The smallest absolute Gasteiger partial charge is 0.243 e. The van der Waals surface area contributed by atoms with Gasteiger partial charge < -0.3 is 15.0 Å². The molecule has 0 radical (unpaired) electrons. The molecule has 0 fully saturated rings. The first-order valence-corrected chi connectivity index (χ1v) is 13.1. The molecule has 3 aromatic carbocycles. The number of benzene rings is 3. The highest BCUT2D eigenvalue weighted by Crippen LogP contribution is 2.20. The topological polar surface area (TPSA) is 58.6 Å². The van der Waals surface area contributed by atoms with Crippen LogP contribution in [-0.4, -0.2) is 35.9 Å². The lowest BCUT2D eigenvalue weighted by Gasteiger charge is -2.32. The van der Waals surface area contributed by atoms with Crippen LogP contribution in [0.2, 0.25) is 0 Å². The Morgan fingerprint density at radius 1 is 0.838 bits per heavy atom. The maximum Gasteiger partial charge on any atom is 0.243 e. The van der Waals surface area contributed by atoms with Crippen LogP contribution in [0.15, 0.2) is 78.9 Å². The fourth-order valence-electron chi connectivity index (χ4n) is 4.37. The molecule has 0 spiro atoms. The van der Waals surface area contributed by atoms with Crippen molar-refractivity contribution in [3.63, 3.8) is 0 Å². The van der Waals surface area contributed by atoms with Crippen molar-refractivity contribution in [2.45, 2.75) is 71.5 Å².